The van der Waals surface area contributed by atoms with Gasteiger partial charge in [0.25, 0.3) is 0 Å². The molecule has 0 aromatic heterocycles. The van der Waals surface area contributed by atoms with Gasteiger partial charge in [-0.25, -0.2) is 0 Å². The molecule has 98 valence electrons. The summed E-state index contributed by atoms with van der Waals surface area (Å²) in [5, 5.41) is 1.16. The molecule has 0 saturated carbocycles. The third kappa shape index (κ3) is 2.48. The van der Waals surface area contributed by atoms with Gasteiger partial charge in [0.1, 0.15) is 0 Å². The summed E-state index contributed by atoms with van der Waals surface area (Å²) in [7, 11) is 0. The smallest absolute Gasteiger partial charge is 0.224 e. The Labute approximate surface area is 117 Å². The van der Waals surface area contributed by atoms with Crippen LogP contribution in [0.15, 0.2) is 18.2 Å². The van der Waals surface area contributed by atoms with Gasteiger partial charge in [-0.2, -0.15) is 0 Å². The van der Waals surface area contributed by atoms with Gasteiger partial charge in [-0.3, -0.25) is 4.79 Å². The molecule has 1 saturated heterocycles. The number of nitrogens with two attached hydrogens (primary N) is 1. The Hall–Kier alpha value is -0.770. The maximum atomic E-state index is 11.9. The third-order valence-electron chi connectivity index (χ3n) is 3.22. The Kier molecular flexibility index (Phi) is 4.15. The van der Waals surface area contributed by atoms with Crippen molar-refractivity contribution >= 4 is 29.1 Å². The van der Waals surface area contributed by atoms with E-state index in [0.29, 0.717) is 23.0 Å². The highest BCUT2D eigenvalue weighted by atomic mass is 35.5. The molecule has 1 aliphatic rings. The van der Waals surface area contributed by atoms with Gasteiger partial charge in [-0.1, -0.05) is 36.2 Å². The fourth-order valence-electron chi connectivity index (χ4n) is 2.46. The van der Waals surface area contributed by atoms with Crippen LogP contribution >= 0.6 is 23.2 Å². The number of rotatable bonds is 3. The lowest BCUT2D eigenvalue weighted by Gasteiger charge is -2.27. The molecule has 0 bridgehead atoms. The highest BCUT2D eigenvalue weighted by Crippen LogP contribution is 2.36. The Morgan fingerprint density at radius 2 is 2.17 bits per heavy atom. The molecular formula is C13H16Cl2N2O. The van der Waals surface area contributed by atoms with E-state index in [1.807, 2.05) is 17.9 Å². The molecule has 5 heteroatoms. The Morgan fingerprint density at radius 3 is 2.78 bits per heavy atom. The molecule has 1 aliphatic heterocycles. The SMILES string of the molecule is CCCN1C(=O)CC(N)C1c1ccc(Cl)cc1Cl. The molecule has 1 aromatic rings. The summed E-state index contributed by atoms with van der Waals surface area (Å²) < 4.78 is 0. The summed E-state index contributed by atoms with van der Waals surface area (Å²) in [6.07, 6.45) is 1.28. The van der Waals surface area contributed by atoms with Gasteiger partial charge in [0.15, 0.2) is 0 Å². The van der Waals surface area contributed by atoms with E-state index in [4.69, 9.17) is 28.9 Å². The first-order chi connectivity index (χ1) is 8.54. The first kappa shape index (κ1) is 13.7. The second-order valence-electron chi connectivity index (χ2n) is 4.57. The summed E-state index contributed by atoms with van der Waals surface area (Å²) in [5.41, 5.74) is 6.96. The number of halogens is 2. The fourth-order valence-corrected chi connectivity index (χ4v) is 2.98. The number of amides is 1. The number of carbonyl (C=O) groups excluding carboxylic acids is 1. The highest BCUT2D eigenvalue weighted by Gasteiger charge is 2.38. The van der Waals surface area contributed by atoms with Crippen LogP contribution in [0.5, 0.6) is 0 Å². The summed E-state index contributed by atoms with van der Waals surface area (Å²) in [5.74, 6) is 0.0976. The third-order valence-corrected chi connectivity index (χ3v) is 3.78. The molecule has 1 amide bonds. The maximum absolute atomic E-state index is 11.9. The van der Waals surface area contributed by atoms with Crippen LogP contribution in [0.2, 0.25) is 10.0 Å². The van der Waals surface area contributed by atoms with Gasteiger partial charge in [0, 0.05) is 29.1 Å². The van der Waals surface area contributed by atoms with E-state index in [2.05, 4.69) is 0 Å². The minimum absolute atomic E-state index is 0.0976. The molecule has 2 atom stereocenters. The van der Waals surface area contributed by atoms with Gasteiger partial charge in [0.2, 0.25) is 5.91 Å². The second-order valence-corrected chi connectivity index (χ2v) is 5.41. The van der Waals surface area contributed by atoms with Crippen LogP contribution in [-0.4, -0.2) is 23.4 Å². The van der Waals surface area contributed by atoms with Crippen molar-refractivity contribution in [3.63, 3.8) is 0 Å². The molecular weight excluding hydrogens is 271 g/mol. The van der Waals surface area contributed by atoms with Crippen molar-refractivity contribution in [3.8, 4) is 0 Å². The number of hydrogen-bond acceptors (Lipinski definition) is 2. The molecule has 2 unspecified atom stereocenters. The summed E-state index contributed by atoms with van der Waals surface area (Å²) in [6, 6.07) is 4.99. The molecule has 1 aromatic carbocycles. The van der Waals surface area contributed by atoms with Crippen LogP contribution in [0.25, 0.3) is 0 Å². The molecule has 1 heterocycles. The zero-order valence-corrected chi connectivity index (χ0v) is 11.7. The predicted molar refractivity (Wildman–Crippen MR) is 73.8 cm³/mol. The minimum Gasteiger partial charge on any atom is -0.334 e. The average molecular weight is 287 g/mol. The van der Waals surface area contributed by atoms with E-state index in [-0.39, 0.29) is 18.0 Å². The summed E-state index contributed by atoms with van der Waals surface area (Å²) in [6.45, 7) is 2.74. The van der Waals surface area contributed by atoms with Gasteiger partial charge < -0.3 is 10.6 Å². The first-order valence-electron chi connectivity index (χ1n) is 6.04. The van der Waals surface area contributed by atoms with Crippen molar-refractivity contribution in [1.29, 1.82) is 0 Å². The summed E-state index contributed by atoms with van der Waals surface area (Å²) in [4.78, 5) is 13.7. The quantitative estimate of drug-likeness (QED) is 0.929. The van der Waals surface area contributed by atoms with Crippen molar-refractivity contribution in [3.05, 3.63) is 33.8 Å². The van der Waals surface area contributed by atoms with Crippen LogP contribution in [0.1, 0.15) is 31.4 Å². The van der Waals surface area contributed by atoms with Crippen molar-refractivity contribution in [2.75, 3.05) is 6.54 Å². The van der Waals surface area contributed by atoms with E-state index >= 15 is 0 Å². The summed E-state index contributed by atoms with van der Waals surface area (Å²) >= 11 is 12.1. The normalized spacial score (nSPS) is 23.8. The van der Waals surface area contributed by atoms with Gasteiger partial charge >= 0.3 is 0 Å². The number of nitrogens with zero attached hydrogens (tertiary/aromatic N) is 1. The van der Waals surface area contributed by atoms with Crippen molar-refractivity contribution in [2.45, 2.75) is 31.8 Å². The van der Waals surface area contributed by atoms with Crippen molar-refractivity contribution < 1.29 is 4.79 Å². The number of benzene rings is 1. The van der Waals surface area contributed by atoms with E-state index in [0.717, 1.165) is 12.0 Å². The predicted octanol–water partition coefficient (Wildman–Crippen LogP) is 3.00. The molecule has 0 radical (unpaired) electrons. The minimum atomic E-state index is -0.206. The Balaban J connectivity index is 2.37. The van der Waals surface area contributed by atoms with Crippen LogP contribution in [-0.2, 0) is 4.79 Å². The lowest BCUT2D eigenvalue weighted by Crippen LogP contribution is -2.33. The van der Waals surface area contributed by atoms with E-state index in [1.165, 1.54) is 0 Å². The lowest BCUT2D eigenvalue weighted by molar-refractivity contribution is -0.129. The molecule has 3 nitrogen and oxygen atoms in total. The molecule has 2 N–H and O–H groups in total. The molecule has 0 spiro atoms. The van der Waals surface area contributed by atoms with Gasteiger partial charge in [0.05, 0.1) is 6.04 Å². The van der Waals surface area contributed by atoms with Gasteiger partial charge in [-0.15, -0.1) is 0 Å². The topological polar surface area (TPSA) is 46.3 Å². The van der Waals surface area contributed by atoms with Crippen molar-refractivity contribution in [1.82, 2.24) is 4.90 Å². The number of likely N-dealkylation sites (tertiary alicyclic amines) is 1. The largest absolute Gasteiger partial charge is 0.334 e. The standard InChI is InChI=1S/C13H16Cl2N2O/c1-2-5-17-12(18)7-11(16)13(17)9-4-3-8(14)6-10(9)15/h3-4,6,11,13H,2,5,7,16H2,1H3. The van der Waals surface area contributed by atoms with Gasteiger partial charge in [-0.05, 0) is 24.1 Å². The average Bonchev–Trinajstić information content (AvgIpc) is 2.56. The molecule has 0 aliphatic carbocycles. The zero-order chi connectivity index (χ0) is 13.3. The molecule has 1 fully saturated rings. The first-order valence-corrected chi connectivity index (χ1v) is 6.80. The van der Waals surface area contributed by atoms with E-state index < -0.39 is 0 Å². The van der Waals surface area contributed by atoms with Crippen LogP contribution in [0, 0.1) is 0 Å². The monoisotopic (exact) mass is 286 g/mol. The molecule has 18 heavy (non-hydrogen) atoms. The lowest BCUT2D eigenvalue weighted by atomic mass is 10.0. The Morgan fingerprint density at radius 1 is 1.44 bits per heavy atom. The Bertz CT molecular complexity index is 464. The van der Waals surface area contributed by atoms with Crippen LogP contribution in [0.3, 0.4) is 0 Å². The number of hydrogen-bond donors (Lipinski definition) is 1. The maximum Gasteiger partial charge on any atom is 0.224 e. The van der Waals surface area contributed by atoms with Crippen molar-refractivity contribution in [2.24, 2.45) is 5.73 Å². The van der Waals surface area contributed by atoms with E-state index in [9.17, 15) is 4.79 Å². The second kappa shape index (κ2) is 5.47. The van der Waals surface area contributed by atoms with E-state index in [1.54, 1.807) is 12.1 Å². The number of carbonyl (C=O) groups is 1. The van der Waals surface area contributed by atoms with Crippen LogP contribution < -0.4 is 5.73 Å². The zero-order valence-electron chi connectivity index (χ0n) is 10.2. The highest BCUT2D eigenvalue weighted by molar-refractivity contribution is 6.35. The van der Waals surface area contributed by atoms with Crippen LogP contribution in [0.4, 0.5) is 0 Å². The fraction of sp³-hybridized carbons (Fsp3) is 0.462. The molecule has 2 rings (SSSR count).